The highest BCUT2D eigenvalue weighted by Gasteiger charge is 2.32. The molecule has 2 aromatic carbocycles. The van der Waals surface area contributed by atoms with Crippen LogP contribution in [0, 0.1) is 13.8 Å². The van der Waals surface area contributed by atoms with Crippen molar-refractivity contribution >= 4 is 44.7 Å². The average Bonchev–Trinajstić information content (AvgIpc) is 3.35. The molecule has 8 heteroatoms. The molecule has 1 aliphatic rings. The molecular weight excluding hydrogens is 552 g/mol. The number of nitrogens with zero attached hydrogens (tertiary/aromatic N) is 3. The molecule has 0 spiro atoms. The van der Waals surface area contributed by atoms with Gasteiger partial charge >= 0.3 is 0 Å². The van der Waals surface area contributed by atoms with Crippen molar-refractivity contribution < 1.29 is 9.53 Å². The fraction of sp³-hybridized carbons (Fsp3) is 0.394. The van der Waals surface area contributed by atoms with Gasteiger partial charge in [-0.15, -0.1) is 11.3 Å². The lowest BCUT2D eigenvalue weighted by atomic mass is 9.89. The van der Waals surface area contributed by atoms with E-state index in [2.05, 4.69) is 54.5 Å². The zero-order valence-corrected chi connectivity index (χ0v) is 26.3. The van der Waals surface area contributed by atoms with Crippen LogP contribution >= 0.6 is 22.9 Å². The molecule has 5 rings (SSSR count). The number of hydrogen-bond donors (Lipinski definition) is 1. The van der Waals surface area contributed by atoms with E-state index in [1.807, 2.05) is 49.3 Å². The standard InChI is InChI=1S/C33H39ClN4O2S/c1-20-7-8-21(2)31-29(20)30(34)32(41-31)33(39)38(26-12-10-25(35-3)11-13-26)19-24-17-22(9-14-27(24)40-6)23-15-16-36-28(18-23)37(4)5/h7-9,14-18,25-26,35H,10-13,19H2,1-6H3. The molecule has 2 aromatic heterocycles. The number of fused-ring (bicyclic) bond motifs is 1. The highest BCUT2D eigenvalue weighted by atomic mass is 35.5. The molecule has 4 aromatic rings. The summed E-state index contributed by atoms with van der Waals surface area (Å²) in [6.45, 7) is 4.58. The molecule has 0 bridgehead atoms. The maximum Gasteiger partial charge on any atom is 0.266 e. The first-order chi connectivity index (χ1) is 19.7. The van der Waals surface area contributed by atoms with Crippen molar-refractivity contribution in [1.29, 1.82) is 0 Å². The molecule has 1 fully saturated rings. The first-order valence-corrected chi connectivity index (χ1v) is 15.4. The number of carbonyl (C=O) groups excluding carboxylic acids is 1. The van der Waals surface area contributed by atoms with Gasteiger partial charge in [-0.2, -0.15) is 0 Å². The summed E-state index contributed by atoms with van der Waals surface area (Å²) in [5.41, 5.74) is 5.33. The highest BCUT2D eigenvalue weighted by Crippen LogP contribution is 2.41. The van der Waals surface area contributed by atoms with Crippen molar-refractivity contribution in [1.82, 2.24) is 15.2 Å². The molecular formula is C33H39ClN4O2S. The largest absolute Gasteiger partial charge is 0.496 e. The van der Waals surface area contributed by atoms with Crippen LogP contribution in [-0.2, 0) is 6.54 Å². The molecule has 0 saturated heterocycles. The van der Waals surface area contributed by atoms with Crippen molar-refractivity contribution in [2.24, 2.45) is 0 Å². The van der Waals surface area contributed by atoms with E-state index in [4.69, 9.17) is 16.3 Å². The second kappa shape index (κ2) is 12.4. The molecule has 41 heavy (non-hydrogen) atoms. The van der Waals surface area contributed by atoms with Gasteiger partial charge in [-0.3, -0.25) is 4.79 Å². The fourth-order valence-electron chi connectivity index (χ4n) is 5.87. The lowest BCUT2D eigenvalue weighted by Gasteiger charge is -2.37. The number of benzene rings is 2. The molecule has 0 atom stereocenters. The average molecular weight is 591 g/mol. The van der Waals surface area contributed by atoms with Crippen LogP contribution in [0.4, 0.5) is 5.82 Å². The maximum absolute atomic E-state index is 14.5. The second-order valence-corrected chi connectivity index (χ2v) is 12.6. The molecule has 1 N–H and O–H groups in total. The predicted octanol–water partition coefficient (Wildman–Crippen LogP) is 7.48. The van der Waals surface area contributed by atoms with E-state index >= 15 is 0 Å². The number of carbonyl (C=O) groups is 1. The summed E-state index contributed by atoms with van der Waals surface area (Å²) in [4.78, 5) is 23.6. The van der Waals surface area contributed by atoms with Gasteiger partial charge in [0.15, 0.2) is 0 Å². The van der Waals surface area contributed by atoms with E-state index in [0.29, 0.717) is 22.5 Å². The minimum atomic E-state index is -0.00540. The Morgan fingerprint density at radius 2 is 1.76 bits per heavy atom. The monoisotopic (exact) mass is 590 g/mol. The summed E-state index contributed by atoms with van der Waals surface area (Å²) >= 11 is 8.50. The van der Waals surface area contributed by atoms with E-state index in [1.54, 1.807) is 7.11 Å². The van der Waals surface area contributed by atoms with E-state index in [0.717, 1.165) is 75.2 Å². The minimum absolute atomic E-state index is 0.00540. The Morgan fingerprint density at radius 3 is 2.41 bits per heavy atom. The summed E-state index contributed by atoms with van der Waals surface area (Å²) in [5.74, 6) is 1.66. The van der Waals surface area contributed by atoms with Crippen molar-refractivity contribution in [3.63, 3.8) is 0 Å². The van der Waals surface area contributed by atoms with Crippen LogP contribution in [0.3, 0.4) is 0 Å². The normalized spacial score (nSPS) is 17.0. The van der Waals surface area contributed by atoms with Crippen LogP contribution in [0.5, 0.6) is 5.75 Å². The number of ether oxygens (including phenoxy) is 1. The predicted molar refractivity (Wildman–Crippen MR) is 172 cm³/mol. The number of aryl methyl sites for hydroxylation is 2. The fourth-order valence-corrected chi connectivity index (χ4v) is 7.56. The van der Waals surface area contributed by atoms with Crippen molar-refractivity contribution in [3.05, 3.63) is 75.3 Å². The van der Waals surface area contributed by atoms with Crippen LogP contribution in [0.25, 0.3) is 21.2 Å². The van der Waals surface area contributed by atoms with Gasteiger partial charge in [-0.05, 0) is 93.1 Å². The van der Waals surface area contributed by atoms with Crippen LogP contribution in [0.15, 0.2) is 48.7 Å². The molecule has 1 amide bonds. The Kier molecular flexibility index (Phi) is 8.88. The Balaban J connectivity index is 1.56. The van der Waals surface area contributed by atoms with E-state index in [1.165, 1.54) is 11.3 Å². The summed E-state index contributed by atoms with van der Waals surface area (Å²) in [7, 11) is 7.68. The first-order valence-electron chi connectivity index (χ1n) is 14.2. The molecule has 216 valence electrons. The van der Waals surface area contributed by atoms with Gasteiger partial charge < -0.3 is 19.9 Å². The Morgan fingerprint density at radius 1 is 1.05 bits per heavy atom. The summed E-state index contributed by atoms with van der Waals surface area (Å²) in [6, 6.07) is 15.1. The maximum atomic E-state index is 14.5. The van der Waals surface area contributed by atoms with Crippen molar-refractivity contribution in [3.8, 4) is 16.9 Å². The molecule has 6 nitrogen and oxygen atoms in total. The van der Waals surface area contributed by atoms with Crippen LogP contribution in [0.2, 0.25) is 5.02 Å². The van der Waals surface area contributed by atoms with Gasteiger partial charge in [0.05, 0.1) is 12.1 Å². The third kappa shape index (κ3) is 5.94. The summed E-state index contributed by atoms with van der Waals surface area (Å²) < 4.78 is 6.91. The number of nitrogens with one attached hydrogen (secondary N) is 1. The Bertz CT molecular complexity index is 1560. The number of anilines is 1. The van der Waals surface area contributed by atoms with E-state index in [-0.39, 0.29) is 11.9 Å². The molecule has 1 aliphatic carbocycles. The van der Waals surface area contributed by atoms with Crippen molar-refractivity contribution in [2.75, 3.05) is 33.2 Å². The highest BCUT2D eigenvalue weighted by molar-refractivity contribution is 7.21. The quantitative estimate of drug-likeness (QED) is 0.230. The molecule has 0 unspecified atom stereocenters. The number of aromatic nitrogens is 1. The van der Waals surface area contributed by atoms with Gasteiger partial charge in [-0.25, -0.2) is 4.98 Å². The zero-order chi connectivity index (χ0) is 29.3. The third-order valence-electron chi connectivity index (χ3n) is 8.34. The number of pyridine rings is 1. The minimum Gasteiger partial charge on any atom is -0.496 e. The molecule has 2 heterocycles. The Labute approximate surface area is 252 Å². The second-order valence-electron chi connectivity index (χ2n) is 11.2. The van der Waals surface area contributed by atoms with E-state index in [9.17, 15) is 4.79 Å². The Hall–Kier alpha value is -3.13. The van der Waals surface area contributed by atoms with Crippen LogP contribution in [0.1, 0.15) is 52.0 Å². The molecule has 1 saturated carbocycles. The lowest BCUT2D eigenvalue weighted by Crippen LogP contribution is -2.44. The lowest BCUT2D eigenvalue weighted by molar-refractivity contribution is 0.0604. The molecule has 0 aliphatic heterocycles. The number of halogens is 1. The van der Waals surface area contributed by atoms with Gasteiger partial charge in [0.1, 0.15) is 16.4 Å². The number of thiophene rings is 1. The van der Waals surface area contributed by atoms with Gasteiger partial charge in [0.25, 0.3) is 5.91 Å². The SMILES string of the molecule is CNC1CCC(N(Cc2cc(-c3ccnc(N(C)C)c3)ccc2OC)C(=O)c2sc3c(C)ccc(C)c3c2Cl)CC1. The van der Waals surface area contributed by atoms with Crippen LogP contribution in [-0.4, -0.2) is 56.1 Å². The topological polar surface area (TPSA) is 57.7 Å². The molecule has 0 radical (unpaired) electrons. The zero-order valence-electron chi connectivity index (χ0n) is 24.8. The number of hydrogen-bond acceptors (Lipinski definition) is 6. The number of amides is 1. The van der Waals surface area contributed by atoms with Gasteiger partial charge in [-0.1, -0.05) is 29.8 Å². The third-order valence-corrected chi connectivity index (χ3v) is 10.1. The van der Waals surface area contributed by atoms with Crippen LogP contribution < -0.4 is 15.0 Å². The van der Waals surface area contributed by atoms with Gasteiger partial charge in [0.2, 0.25) is 0 Å². The first kappa shape index (κ1) is 29.4. The number of methoxy groups -OCH3 is 1. The summed E-state index contributed by atoms with van der Waals surface area (Å²) in [6.07, 6.45) is 5.78. The number of rotatable bonds is 8. The van der Waals surface area contributed by atoms with E-state index < -0.39 is 0 Å². The van der Waals surface area contributed by atoms with Gasteiger partial charge in [0, 0.05) is 54.6 Å². The van der Waals surface area contributed by atoms with Crippen molar-refractivity contribution in [2.45, 2.75) is 58.2 Å². The summed E-state index contributed by atoms with van der Waals surface area (Å²) in [5, 5.41) is 4.98. The smallest absolute Gasteiger partial charge is 0.266 e.